The molecule has 1 aliphatic carbocycles. The lowest BCUT2D eigenvalue weighted by atomic mass is 10.1. The number of carbonyl (C=O) groups is 1. The molecule has 1 N–H and O–H groups in total. The summed E-state index contributed by atoms with van der Waals surface area (Å²) in [6.07, 6.45) is 8.91. The van der Waals surface area contributed by atoms with E-state index in [1.165, 1.54) is 18.9 Å². The van der Waals surface area contributed by atoms with Crippen LogP contribution in [-0.2, 0) is 0 Å². The summed E-state index contributed by atoms with van der Waals surface area (Å²) in [7, 11) is 1.52. The third kappa shape index (κ3) is 4.29. The van der Waals surface area contributed by atoms with E-state index in [4.69, 9.17) is 4.74 Å². The number of amides is 1. The molecular formula is C23H18N6O2. The molecule has 0 atom stereocenters. The number of rotatable bonds is 4. The van der Waals surface area contributed by atoms with Crippen molar-refractivity contribution in [3.05, 3.63) is 76.5 Å². The summed E-state index contributed by atoms with van der Waals surface area (Å²) in [5.74, 6) is 6.40. The number of hydrogen-bond acceptors (Lipinski definition) is 6. The van der Waals surface area contributed by atoms with Crippen molar-refractivity contribution in [2.75, 3.05) is 7.11 Å². The summed E-state index contributed by atoms with van der Waals surface area (Å²) in [5, 5.41) is 20.3. The van der Waals surface area contributed by atoms with Gasteiger partial charge in [-0.1, -0.05) is 24.5 Å². The van der Waals surface area contributed by atoms with Crippen molar-refractivity contribution in [1.82, 2.24) is 24.9 Å². The Balaban J connectivity index is 1.63. The zero-order chi connectivity index (χ0) is 21.8. The van der Waals surface area contributed by atoms with Crippen molar-refractivity contribution in [2.24, 2.45) is 0 Å². The van der Waals surface area contributed by atoms with E-state index in [2.05, 4.69) is 45.3 Å². The molecule has 2 heterocycles. The van der Waals surface area contributed by atoms with Crippen LogP contribution in [0.4, 0.5) is 0 Å². The molecule has 8 nitrogen and oxygen atoms in total. The molecule has 3 aromatic rings. The van der Waals surface area contributed by atoms with E-state index in [1.807, 2.05) is 12.2 Å². The zero-order valence-corrected chi connectivity index (χ0v) is 17.0. The number of hydrogen-bond donors (Lipinski definition) is 1. The molecule has 4 rings (SSSR count). The molecule has 0 fully saturated rings. The molecule has 1 amide bonds. The largest absolute Gasteiger partial charge is 0.480 e. The van der Waals surface area contributed by atoms with Gasteiger partial charge in [0, 0.05) is 16.8 Å². The lowest BCUT2D eigenvalue weighted by molar-refractivity contribution is 0.0967. The van der Waals surface area contributed by atoms with E-state index >= 15 is 0 Å². The molecule has 31 heavy (non-hydrogen) atoms. The molecule has 0 aliphatic heterocycles. The second-order valence-corrected chi connectivity index (χ2v) is 6.82. The van der Waals surface area contributed by atoms with E-state index in [9.17, 15) is 10.1 Å². The molecule has 0 saturated carbocycles. The molecule has 1 aliphatic rings. The molecule has 0 radical (unpaired) electrons. The van der Waals surface area contributed by atoms with Crippen molar-refractivity contribution in [3.63, 3.8) is 0 Å². The third-order valence-electron chi connectivity index (χ3n) is 4.78. The molecule has 1 aromatic carbocycles. The van der Waals surface area contributed by atoms with Gasteiger partial charge in [-0.2, -0.15) is 5.26 Å². The van der Waals surface area contributed by atoms with E-state index in [0.29, 0.717) is 34.0 Å². The average molecular weight is 410 g/mol. The SMILES string of the molecule is CCC1=CC(NC(=O)c2cc(C#N)cc(C#Cc3nnc4cnc(OC)cn34)c2)=CC1. The minimum absolute atomic E-state index is 0.288. The number of carbonyl (C=O) groups excluding carboxylic acids is 1. The zero-order valence-electron chi connectivity index (χ0n) is 17.0. The molecule has 0 saturated heterocycles. The fourth-order valence-corrected chi connectivity index (χ4v) is 3.11. The highest BCUT2D eigenvalue weighted by Gasteiger charge is 2.12. The van der Waals surface area contributed by atoms with Crippen LogP contribution < -0.4 is 10.1 Å². The predicted octanol–water partition coefficient (Wildman–Crippen LogP) is 2.76. The molecule has 0 unspecified atom stereocenters. The fraction of sp³-hybridized carbons (Fsp3) is 0.174. The number of methoxy groups -OCH3 is 1. The number of benzene rings is 1. The molecule has 0 bridgehead atoms. The molecule has 8 heteroatoms. The number of fused-ring (bicyclic) bond motifs is 1. The van der Waals surface area contributed by atoms with Crippen LogP contribution in [-0.4, -0.2) is 32.6 Å². The number of aromatic nitrogens is 4. The van der Waals surface area contributed by atoms with Crippen LogP contribution in [0, 0.1) is 23.2 Å². The monoisotopic (exact) mass is 410 g/mol. The van der Waals surface area contributed by atoms with Gasteiger partial charge in [0.25, 0.3) is 5.91 Å². The first-order chi connectivity index (χ1) is 15.1. The van der Waals surface area contributed by atoms with Crippen molar-refractivity contribution >= 4 is 11.6 Å². The maximum absolute atomic E-state index is 12.7. The van der Waals surface area contributed by atoms with Crippen LogP contribution in [0.3, 0.4) is 0 Å². The van der Waals surface area contributed by atoms with Crippen LogP contribution in [0.1, 0.15) is 47.1 Å². The first-order valence-corrected chi connectivity index (χ1v) is 9.62. The van der Waals surface area contributed by atoms with Crippen LogP contribution in [0.15, 0.2) is 54.0 Å². The minimum Gasteiger partial charge on any atom is -0.480 e. The number of ether oxygens (including phenoxy) is 1. The standard InChI is InChI=1S/C23H18N6O2/c1-3-15-4-6-19(11-15)26-23(30)18-9-16(8-17(10-18)12-24)5-7-20-27-28-21-13-25-22(31-2)14-29(20)21/h6,8-11,13-14H,3-4H2,1-2H3,(H,26,30). The van der Waals surface area contributed by atoms with Gasteiger partial charge < -0.3 is 10.1 Å². The normalized spacial score (nSPS) is 12.4. The molecule has 0 spiro atoms. The highest BCUT2D eigenvalue weighted by atomic mass is 16.5. The maximum atomic E-state index is 12.7. The highest BCUT2D eigenvalue weighted by molar-refractivity contribution is 5.96. The van der Waals surface area contributed by atoms with E-state index in [0.717, 1.165) is 18.5 Å². The Hall–Kier alpha value is -4.43. The molecule has 152 valence electrons. The number of nitriles is 1. The second kappa shape index (κ2) is 8.52. The van der Waals surface area contributed by atoms with Gasteiger partial charge in [-0.3, -0.25) is 9.20 Å². The molecular weight excluding hydrogens is 392 g/mol. The van der Waals surface area contributed by atoms with Crippen molar-refractivity contribution in [3.8, 4) is 23.8 Å². The summed E-state index contributed by atoms with van der Waals surface area (Å²) in [4.78, 5) is 16.8. The summed E-state index contributed by atoms with van der Waals surface area (Å²) >= 11 is 0. The van der Waals surface area contributed by atoms with Crippen LogP contribution in [0.2, 0.25) is 0 Å². The van der Waals surface area contributed by atoms with E-state index in [-0.39, 0.29) is 5.91 Å². The van der Waals surface area contributed by atoms with Gasteiger partial charge in [0.2, 0.25) is 11.7 Å². The minimum atomic E-state index is -0.288. The summed E-state index contributed by atoms with van der Waals surface area (Å²) in [6, 6.07) is 6.89. The Morgan fingerprint density at radius 1 is 1.26 bits per heavy atom. The lowest BCUT2D eigenvalue weighted by Crippen LogP contribution is -2.21. The van der Waals surface area contributed by atoms with Crippen LogP contribution in [0.25, 0.3) is 5.65 Å². The number of allylic oxidation sites excluding steroid dienone is 3. The predicted molar refractivity (Wildman–Crippen MR) is 113 cm³/mol. The highest BCUT2D eigenvalue weighted by Crippen LogP contribution is 2.19. The second-order valence-electron chi connectivity index (χ2n) is 6.82. The number of nitrogens with zero attached hydrogens (tertiary/aromatic N) is 5. The first-order valence-electron chi connectivity index (χ1n) is 9.62. The van der Waals surface area contributed by atoms with Gasteiger partial charge in [0.05, 0.1) is 31.1 Å². The van der Waals surface area contributed by atoms with Crippen LogP contribution in [0.5, 0.6) is 5.88 Å². The van der Waals surface area contributed by atoms with Crippen molar-refractivity contribution < 1.29 is 9.53 Å². The maximum Gasteiger partial charge on any atom is 0.255 e. The quantitative estimate of drug-likeness (QED) is 0.663. The Kier molecular flexibility index (Phi) is 5.46. The lowest BCUT2D eigenvalue weighted by Gasteiger charge is -2.06. The first kappa shape index (κ1) is 19.9. The van der Waals surface area contributed by atoms with Crippen molar-refractivity contribution in [2.45, 2.75) is 19.8 Å². The Labute approximate surface area is 178 Å². The average Bonchev–Trinajstić information content (AvgIpc) is 3.43. The van der Waals surface area contributed by atoms with Gasteiger partial charge >= 0.3 is 0 Å². The summed E-state index contributed by atoms with van der Waals surface area (Å²) in [6.45, 7) is 2.08. The van der Waals surface area contributed by atoms with E-state index < -0.39 is 0 Å². The van der Waals surface area contributed by atoms with Gasteiger partial charge in [-0.05, 0) is 43.0 Å². The smallest absolute Gasteiger partial charge is 0.255 e. The van der Waals surface area contributed by atoms with Gasteiger partial charge in [-0.15, -0.1) is 10.2 Å². The van der Waals surface area contributed by atoms with Gasteiger partial charge in [0.15, 0.2) is 5.65 Å². The number of nitrogens with one attached hydrogen (secondary N) is 1. The van der Waals surface area contributed by atoms with E-state index in [1.54, 1.807) is 28.8 Å². The van der Waals surface area contributed by atoms with Gasteiger partial charge in [0.1, 0.15) is 0 Å². The third-order valence-corrected chi connectivity index (χ3v) is 4.78. The van der Waals surface area contributed by atoms with Crippen LogP contribution >= 0.6 is 0 Å². The van der Waals surface area contributed by atoms with Gasteiger partial charge in [-0.25, -0.2) is 4.98 Å². The Morgan fingerprint density at radius 2 is 2.10 bits per heavy atom. The topological polar surface area (TPSA) is 105 Å². The Morgan fingerprint density at radius 3 is 2.84 bits per heavy atom. The fourth-order valence-electron chi connectivity index (χ4n) is 3.11. The Bertz CT molecular complexity index is 1350. The summed E-state index contributed by atoms with van der Waals surface area (Å²) in [5.41, 5.74) is 3.79. The molecule has 2 aromatic heterocycles. The summed E-state index contributed by atoms with van der Waals surface area (Å²) < 4.78 is 6.78. The van der Waals surface area contributed by atoms with Crippen molar-refractivity contribution in [1.29, 1.82) is 5.26 Å².